The van der Waals surface area contributed by atoms with E-state index >= 15 is 0 Å². The molecule has 170 valence electrons. The maximum absolute atomic E-state index is 12.8. The number of thiophene rings is 1. The minimum atomic E-state index is -0.173. The van der Waals surface area contributed by atoms with E-state index in [-0.39, 0.29) is 11.5 Å². The number of halogens is 1. The first-order valence-corrected chi connectivity index (χ1v) is 11.9. The zero-order valence-corrected chi connectivity index (χ0v) is 20.8. The van der Waals surface area contributed by atoms with Crippen LogP contribution >= 0.6 is 22.9 Å². The van der Waals surface area contributed by atoms with Gasteiger partial charge in [0, 0.05) is 35.1 Å². The van der Waals surface area contributed by atoms with E-state index in [2.05, 4.69) is 11.4 Å². The Morgan fingerprint density at radius 3 is 2.45 bits per heavy atom. The molecule has 7 heteroatoms. The van der Waals surface area contributed by atoms with Crippen LogP contribution in [0, 0.1) is 20.8 Å². The molecular formula is C26H25ClN2O3S. The van der Waals surface area contributed by atoms with Crippen LogP contribution in [0.2, 0.25) is 5.02 Å². The van der Waals surface area contributed by atoms with Gasteiger partial charge in [0.2, 0.25) is 0 Å². The first-order valence-electron chi connectivity index (χ1n) is 10.7. The number of aryl methyl sites for hydroxylation is 4. The zero-order chi connectivity index (χ0) is 23.9. The van der Waals surface area contributed by atoms with Gasteiger partial charge in [-0.3, -0.25) is 9.59 Å². The smallest absolute Gasteiger partial charge is 0.261 e. The lowest BCUT2D eigenvalue weighted by Gasteiger charge is -2.15. The van der Waals surface area contributed by atoms with Gasteiger partial charge in [0.1, 0.15) is 11.5 Å². The third-order valence-electron chi connectivity index (χ3n) is 5.42. The van der Waals surface area contributed by atoms with E-state index in [0.717, 1.165) is 38.3 Å². The molecule has 0 aliphatic carbocycles. The molecule has 0 atom stereocenters. The quantitative estimate of drug-likeness (QED) is 0.360. The third kappa shape index (κ3) is 4.54. The molecule has 0 unspecified atom stereocenters. The Hall–Kier alpha value is -3.09. The van der Waals surface area contributed by atoms with Gasteiger partial charge in [-0.15, -0.1) is 11.3 Å². The van der Waals surface area contributed by atoms with Gasteiger partial charge in [-0.2, -0.15) is 0 Å². The Morgan fingerprint density at radius 2 is 1.79 bits per heavy atom. The first kappa shape index (κ1) is 23.1. The molecule has 2 aromatic carbocycles. The van der Waals surface area contributed by atoms with E-state index in [4.69, 9.17) is 16.3 Å². The van der Waals surface area contributed by atoms with Gasteiger partial charge in [-0.25, -0.2) is 0 Å². The second kappa shape index (κ2) is 9.04. The Kier molecular flexibility index (Phi) is 6.32. The number of benzene rings is 2. The predicted molar refractivity (Wildman–Crippen MR) is 136 cm³/mol. The van der Waals surface area contributed by atoms with Crippen LogP contribution in [0.4, 0.5) is 0 Å². The van der Waals surface area contributed by atoms with Crippen LogP contribution in [0.1, 0.15) is 33.3 Å². The minimum Gasteiger partial charge on any atom is -0.457 e. The summed E-state index contributed by atoms with van der Waals surface area (Å²) in [6.07, 6.45) is 1.82. The number of ether oxygens (including phenoxy) is 1. The lowest BCUT2D eigenvalue weighted by Crippen LogP contribution is -2.21. The van der Waals surface area contributed by atoms with Crippen molar-refractivity contribution in [3.63, 3.8) is 0 Å². The van der Waals surface area contributed by atoms with Crippen molar-refractivity contribution in [1.82, 2.24) is 9.88 Å². The second-order valence-electron chi connectivity index (χ2n) is 8.18. The normalized spacial score (nSPS) is 11.1. The van der Waals surface area contributed by atoms with Gasteiger partial charge in [0.15, 0.2) is 0 Å². The summed E-state index contributed by atoms with van der Waals surface area (Å²) in [4.78, 5) is 25.7. The molecule has 0 aliphatic heterocycles. The number of pyridine rings is 1. The minimum absolute atomic E-state index is 0.128. The number of carbonyl (C=O) groups is 1. The van der Waals surface area contributed by atoms with Crippen molar-refractivity contribution in [2.45, 2.75) is 27.7 Å². The highest BCUT2D eigenvalue weighted by Gasteiger charge is 2.18. The average molecular weight is 481 g/mol. The molecule has 2 aromatic heterocycles. The molecule has 4 aromatic rings. The van der Waals surface area contributed by atoms with Crippen LogP contribution in [0.15, 0.2) is 47.4 Å². The van der Waals surface area contributed by atoms with Crippen molar-refractivity contribution in [3.05, 3.63) is 79.5 Å². The summed E-state index contributed by atoms with van der Waals surface area (Å²) in [5, 5.41) is 4.02. The van der Waals surface area contributed by atoms with Gasteiger partial charge < -0.3 is 14.6 Å². The Balaban J connectivity index is 1.85. The highest BCUT2D eigenvalue weighted by molar-refractivity contribution is 7.21. The molecule has 0 radical (unpaired) electrons. The van der Waals surface area contributed by atoms with Crippen molar-refractivity contribution in [3.8, 4) is 22.6 Å². The number of nitrogens with zero attached hydrogens (tertiary/aromatic N) is 1. The number of aromatic nitrogens is 1. The molecule has 2 heterocycles. The molecule has 0 saturated heterocycles. The Morgan fingerprint density at radius 1 is 1.09 bits per heavy atom. The van der Waals surface area contributed by atoms with Crippen LogP contribution in [-0.4, -0.2) is 17.0 Å². The number of rotatable bonds is 5. The Bertz CT molecular complexity index is 1430. The summed E-state index contributed by atoms with van der Waals surface area (Å²) >= 11 is 7.50. The highest BCUT2D eigenvalue weighted by Crippen LogP contribution is 2.37. The molecule has 0 bridgehead atoms. The molecule has 0 saturated carbocycles. The zero-order valence-electron chi connectivity index (χ0n) is 19.2. The maximum Gasteiger partial charge on any atom is 0.261 e. The summed E-state index contributed by atoms with van der Waals surface area (Å²) in [6.45, 7) is 8.34. The fourth-order valence-electron chi connectivity index (χ4n) is 3.95. The van der Waals surface area contributed by atoms with Crippen LogP contribution in [-0.2, 0) is 7.05 Å². The standard InChI is InChI=1S/C26H25ClN2O3S/c1-6-28-25(30)22-12-20-24(33-22)21(13-29(5)26(20)31)17-7-14(2)8-19(11-17)32-23-15(3)9-18(27)10-16(23)4/h7-13H,6H2,1-5H3,(H,28,30). The van der Waals surface area contributed by atoms with E-state index in [9.17, 15) is 9.59 Å². The number of carbonyl (C=O) groups excluding carboxylic acids is 1. The highest BCUT2D eigenvalue weighted by atomic mass is 35.5. The van der Waals surface area contributed by atoms with E-state index in [0.29, 0.717) is 27.6 Å². The van der Waals surface area contributed by atoms with Crippen LogP contribution in [0.25, 0.3) is 21.2 Å². The van der Waals surface area contributed by atoms with E-state index in [1.807, 2.05) is 58.2 Å². The Labute approximate surface area is 201 Å². The lowest BCUT2D eigenvalue weighted by molar-refractivity contribution is 0.0960. The van der Waals surface area contributed by atoms with Crippen molar-refractivity contribution in [2.24, 2.45) is 7.05 Å². The first-order chi connectivity index (χ1) is 15.7. The number of fused-ring (bicyclic) bond motifs is 1. The van der Waals surface area contributed by atoms with Crippen molar-refractivity contribution < 1.29 is 9.53 Å². The molecule has 1 amide bonds. The molecule has 0 aliphatic rings. The average Bonchev–Trinajstić information content (AvgIpc) is 3.19. The number of hydrogen-bond acceptors (Lipinski definition) is 4. The van der Waals surface area contributed by atoms with Crippen LogP contribution in [0.5, 0.6) is 11.5 Å². The van der Waals surface area contributed by atoms with Gasteiger partial charge in [-0.05, 0) is 80.3 Å². The van der Waals surface area contributed by atoms with E-state index in [1.54, 1.807) is 17.7 Å². The SMILES string of the molecule is CCNC(=O)c1cc2c(=O)n(C)cc(-c3cc(C)cc(Oc4c(C)cc(Cl)cc4C)c3)c2s1. The number of hydrogen-bond donors (Lipinski definition) is 1. The molecule has 33 heavy (non-hydrogen) atoms. The summed E-state index contributed by atoms with van der Waals surface area (Å²) < 4.78 is 8.64. The van der Waals surface area contributed by atoms with Gasteiger partial charge in [0.05, 0.1) is 10.3 Å². The van der Waals surface area contributed by atoms with Gasteiger partial charge in [-0.1, -0.05) is 17.7 Å². The molecular weight excluding hydrogens is 456 g/mol. The van der Waals surface area contributed by atoms with E-state index in [1.165, 1.54) is 11.3 Å². The summed E-state index contributed by atoms with van der Waals surface area (Å²) in [7, 11) is 1.72. The molecule has 4 rings (SSSR count). The summed E-state index contributed by atoms with van der Waals surface area (Å²) in [6, 6.07) is 11.4. The molecule has 0 fully saturated rings. The molecule has 5 nitrogen and oxygen atoms in total. The fourth-order valence-corrected chi connectivity index (χ4v) is 5.38. The molecule has 0 spiro atoms. The largest absolute Gasteiger partial charge is 0.457 e. The van der Waals surface area contributed by atoms with Crippen molar-refractivity contribution in [1.29, 1.82) is 0 Å². The topological polar surface area (TPSA) is 60.3 Å². The maximum atomic E-state index is 12.8. The number of nitrogens with one attached hydrogen (secondary N) is 1. The summed E-state index contributed by atoms with van der Waals surface area (Å²) in [5.74, 6) is 1.30. The molecule has 1 N–H and O–H groups in total. The fraction of sp³-hybridized carbons (Fsp3) is 0.231. The van der Waals surface area contributed by atoms with Crippen LogP contribution in [0.3, 0.4) is 0 Å². The monoisotopic (exact) mass is 480 g/mol. The van der Waals surface area contributed by atoms with Crippen LogP contribution < -0.4 is 15.6 Å². The number of amides is 1. The van der Waals surface area contributed by atoms with Gasteiger partial charge >= 0.3 is 0 Å². The van der Waals surface area contributed by atoms with Gasteiger partial charge in [0.25, 0.3) is 11.5 Å². The predicted octanol–water partition coefficient (Wildman–Crippen LogP) is 6.39. The van der Waals surface area contributed by atoms with Crippen molar-refractivity contribution in [2.75, 3.05) is 6.54 Å². The lowest BCUT2D eigenvalue weighted by atomic mass is 10.0. The second-order valence-corrected chi connectivity index (χ2v) is 9.67. The van der Waals surface area contributed by atoms with E-state index < -0.39 is 0 Å². The van der Waals surface area contributed by atoms with Crippen molar-refractivity contribution >= 4 is 38.9 Å². The third-order valence-corrected chi connectivity index (χ3v) is 6.80. The summed E-state index contributed by atoms with van der Waals surface area (Å²) in [5.41, 5.74) is 4.60.